The monoisotopic (exact) mass is 254 g/mol. The number of nitrogens with zero attached hydrogens (tertiary/aromatic N) is 1. The largest absolute Gasteiger partial charge is 0.392 e. The summed E-state index contributed by atoms with van der Waals surface area (Å²) in [6.45, 7) is 1.67. The van der Waals surface area contributed by atoms with E-state index < -0.39 is 0 Å². The van der Waals surface area contributed by atoms with Gasteiger partial charge in [-0.15, -0.1) is 0 Å². The highest BCUT2D eigenvalue weighted by atomic mass is 35.5. The first-order valence-corrected chi connectivity index (χ1v) is 5.97. The van der Waals surface area contributed by atoms with Gasteiger partial charge in [0.15, 0.2) is 0 Å². The fourth-order valence-corrected chi connectivity index (χ4v) is 2.02. The van der Waals surface area contributed by atoms with E-state index in [2.05, 4.69) is 5.32 Å². The molecule has 1 aromatic carbocycles. The summed E-state index contributed by atoms with van der Waals surface area (Å²) in [6.07, 6.45) is 0.451. The molecule has 17 heavy (non-hydrogen) atoms. The van der Waals surface area contributed by atoms with E-state index in [4.69, 9.17) is 11.6 Å². The SMILES string of the molecule is O=C(CN1CC[C@@H](O)C1)Nc1ccc(Cl)cc1. The fraction of sp³-hybridized carbons (Fsp3) is 0.417. The van der Waals surface area contributed by atoms with Crippen LogP contribution >= 0.6 is 11.6 Å². The number of benzene rings is 1. The van der Waals surface area contributed by atoms with Crippen LogP contribution in [-0.4, -0.2) is 41.7 Å². The molecule has 1 fully saturated rings. The van der Waals surface area contributed by atoms with Crippen molar-refractivity contribution in [3.8, 4) is 0 Å². The molecule has 0 saturated carbocycles. The van der Waals surface area contributed by atoms with Crippen LogP contribution in [0.25, 0.3) is 0 Å². The highest BCUT2D eigenvalue weighted by molar-refractivity contribution is 6.30. The Bertz CT molecular complexity index is 394. The van der Waals surface area contributed by atoms with E-state index in [0.29, 0.717) is 18.1 Å². The van der Waals surface area contributed by atoms with Gasteiger partial charge in [0.2, 0.25) is 5.91 Å². The van der Waals surface area contributed by atoms with Crippen LogP contribution in [0.5, 0.6) is 0 Å². The van der Waals surface area contributed by atoms with Gasteiger partial charge < -0.3 is 10.4 Å². The highest BCUT2D eigenvalue weighted by Gasteiger charge is 2.21. The van der Waals surface area contributed by atoms with Crippen molar-refractivity contribution in [3.05, 3.63) is 29.3 Å². The minimum atomic E-state index is -0.293. The third kappa shape index (κ3) is 3.70. The van der Waals surface area contributed by atoms with Crippen molar-refractivity contribution in [1.29, 1.82) is 0 Å². The quantitative estimate of drug-likeness (QED) is 0.856. The minimum absolute atomic E-state index is 0.0681. The topological polar surface area (TPSA) is 52.6 Å². The highest BCUT2D eigenvalue weighted by Crippen LogP contribution is 2.14. The van der Waals surface area contributed by atoms with Crippen LogP contribution in [0, 0.1) is 0 Å². The lowest BCUT2D eigenvalue weighted by Gasteiger charge is -2.14. The molecule has 2 rings (SSSR count). The van der Waals surface area contributed by atoms with Gasteiger partial charge in [0, 0.05) is 23.8 Å². The van der Waals surface area contributed by atoms with Crippen LogP contribution < -0.4 is 5.32 Å². The first kappa shape index (κ1) is 12.4. The zero-order chi connectivity index (χ0) is 12.3. The van der Waals surface area contributed by atoms with Gasteiger partial charge in [-0.25, -0.2) is 0 Å². The van der Waals surface area contributed by atoms with Crippen molar-refractivity contribution in [3.63, 3.8) is 0 Å². The molecule has 0 unspecified atom stereocenters. The summed E-state index contributed by atoms with van der Waals surface area (Å²) in [4.78, 5) is 13.6. The summed E-state index contributed by atoms with van der Waals surface area (Å²) in [6, 6.07) is 6.99. The van der Waals surface area contributed by atoms with Gasteiger partial charge in [-0.2, -0.15) is 0 Å². The summed E-state index contributed by atoms with van der Waals surface area (Å²) >= 11 is 5.75. The van der Waals surface area contributed by atoms with Gasteiger partial charge in [-0.1, -0.05) is 11.6 Å². The Morgan fingerprint density at radius 1 is 1.47 bits per heavy atom. The molecule has 0 radical (unpaired) electrons. The normalized spacial score (nSPS) is 20.5. The zero-order valence-corrected chi connectivity index (χ0v) is 10.2. The molecule has 2 N–H and O–H groups in total. The predicted octanol–water partition coefficient (Wildman–Crippen LogP) is 1.35. The molecule has 1 amide bonds. The molecule has 0 spiro atoms. The lowest BCUT2D eigenvalue weighted by molar-refractivity contribution is -0.117. The molecule has 1 atom stereocenters. The van der Waals surface area contributed by atoms with Gasteiger partial charge in [0.1, 0.15) is 0 Å². The minimum Gasteiger partial charge on any atom is -0.392 e. The summed E-state index contributed by atoms with van der Waals surface area (Å²) in [7, 11) is 0. The molecule has 1 aliphatic rings. The van der Waals surface area contributed by atoms with E-state index in [0.717, 1.165) is 18.7 Å². The Labute approximate surface area is 105 Å². The summed E-state index contributed by atoms with van der Waals surface area (Å²) < 4.78 is 0. The number of anilines is 1. The Kier molecular flexibility index (Phi) is 3.99. The molecular weight excluding hydrogens is 240 g/mol. The zero-order valence-electron chi connectivity index (χ0n) is 9.40. The van der Waals surface area contributed by atoms with Gasteiger partial charge in [-0.3, -0.25) is 9.69 Å². The average molecular weight is 255 g/mol. The smallest absolute Gasteiger partial charge is 0.238 e. The second-order valence-electron chi connectivity index (χ2n) is 4.23. The van der Waals surface area contributed by atoms with Crippen molar-refractivity contribution in [2.45, 2.75) is 12.5 Å². The van der Waals surface area contributed by atoms with Crippen molar-refractivity contribution >= 4 is 23.2 Å². The number of carbonyl (C=O) groups is 1. The third-order valence-electron chi connectivity index (χ3n) is 2.74. The number of aliphatic hydroxyl groups excluding tert-OH is 1. The molecule has 92 valence electrons. The first-order valence-electron chi connectivity index (χ1n) is 5.59. The van der Waals surface area contributed by atoms with Crippen LogP contribution in [0.2, 0.25) is 5.02 Å². The summed E-state index contributed by atoms with van der Waals surface area (Å²) in [5.74, 6) is -0.0681. The van der Waals surface area contributed by atoms with Crippen LogP contribution in [0.3, 0.4) is 0 Å². The number of β-amino-alcohol motifs (C(OH)–C–C–N with tert-alkyl or cyclic N) is 1. The van der Waals surface area contributed by atoms with Gasteiger partial charge in [-0.05, 0) is 30.7 Å². The number of rotatable bonds is 3. The number of halogens is 1. The van der Waals surface area contributed by atoms with Crippen molar-refractivity contribution in [2.24, 2.45) is 0 Å². The molecule has 0 aliphatic carbocycles. The lowest BCUT2D eigenvalue weighted by Crippen LogP contribution is -2.32. The first-order chi connectivity index (χ1) is 8.13. The number of nitrogens with one attached hydrogen (secondary N) is 1. The number of carbonyl (C=O) groups excluding carboxylic acids is 1. The van der Waals surface area contributed by atoms with E-state index >= 15 is 0 Å². The molecule has 1 aromatic rings. The summed E-state index contributed by atoms with van der Waals surface area (Å²) in [5, 5.41) is 12.8. The van der Waals surface area contributed by atoms with Crippen LogP contribution in [0.1, 0.15) is 6.42 Å². The second-order valence-corrected chi connectivity index (χ2v) is 4.67. The fourth-order valence-electron chi connectivity index (χ4n) is 1.89. The van der Waals surface area contributed by atoms with E-state index in [1.807, 2.05) is 4.90 Å². The maximum Gasteiger partial charge on any atom is 0.238 e. The number of aliphatic hydroxyl groups is 1. The van der Waals surface area contributed by atoms with E-state index in [9.17, 15) is 9.90 Å². The van der Waals surface area contributed by atoms with Crippen molar-refractivity contribution < 1.29 is 9.90 Å². The van der Waals surface area contributed by atoms with Gasteiger partial charge >= 0.3 is 0 Å². The van der Waals surface area contributed by atoms with Crippen molar-refractivity contribution in [2.75, 3.05) is 25.0 Å². The Morgan fingerprint density at radius 2 is 2.18 bits per heavy atom. The average Bonchev–Trinajstić information content (AvgIpc) is 2.67. The van der Waals surface area contributed by atoms with E-state index in [1.165, 1.54) is 0 Å². The van der Waals surface area contributed by atoms with Crippen LogP contribution in [-0.2, 0) is 4.79 Å². The maximum atomic E-state index is 11.7. The number of amides is 1. The number of likely N-dealkylation sites (tertiary alicyclic amines) is 1. The maximum absolute atomic E-state index is 11.7. The molecule has 5 heteroatoms. The number of hydrogen-bond acceptors (Lipinski definition) is 3. The molecule has 0 bridgehead atoms. The van der Waals surface area contributed by atoms with E-state index in [1.54, 1.807) is 24.3 Å². The second kappa shape index (κ2) is 5.49. The van der Waals surface area contributed by atoms with Crippen LogP contribution in [0.15, 0.2) is 24.3 Å². The predicted molar refractivity (Wildman–Crippen MR) is 67.1 cm³/mol. The Balaban J connectivity index is 1.83. The lowest BCUT2D eigenvalue weighted by atomic mass is 10.3. The molecular formula is C12H15ClN2O2. The van der Waals surface area contributed by atoms with E-state index in [-0.39, 0.29) is 12.0 Å². The summed E-state index contributed by atoms with van der Waals surface area (Å²) in [5.41, 5.74) is 0.735. The molecule has 1 aliphatic heterocycles. The Hall–Kier alpha value is -1.10. The van der Waals surface area contributed by atoms with Gasteiger partial charge in [0.25, 0.3) is 0 Å². The molecule has 4 nitrogen and oxygen atoms in total. The van der Waals surface area contributed by atoms with Gasteiger partial charge in [0.05, 0.1) is 12.6 Å². The van der Waals surface area contributed by atoms with Crippen molar-refractivity contribution in [1.82, 2.24) is 4.90 Å². The molecule has 1 heterocycles. The van der Waals surface area contributed by atoms with Crippen LogP contribution in [0.4, 0.5) is 5.69 Å². The molecule has 0 aromatic heterocycles. The number of hydrogen-bond donors (Lipinski definition) is 2. The standard InChI is InChI=1S/C12H15ClN2O2/c13-9-1-3-10(4-2-9)14-12(17)8-15-6-5-11(16)7-15/h1-4,11,16H,5-8H2,(H,14,17)/t11-/m1/s1. The Morgan fingerprint density at radius 3 is 2.76 bits per heavy atom. The third-order valence-corrected chi connectivity index (χ3v) is 2.99. The molecule has 1 saturated heterocycles.